The van der Waals surface area contributed by atoms with E-state index in [1.807, 2.05) is 0 Å². The molecule has 0 unspecified atom stereocenters. The molecular weight excluding hydrogens is 152 g/mol. The number of carbonyl (C=O) groups excluding carboxylic acids is 1. The fourth-order valence-electron chi connectivity index (χ4n) is 0.887. The summed E-state index contributed by atoms with van der Waals surface area (Å²) in [5, 5.41) is 0. The van der Waals surface area contributed by atoms with E-state index in [1.54, 1.807) is 12.4 Å². The van der Waals surface area contributed by atoms with Gasteiger partial charge in [0, 0.05) is 25.2 Å². The molecule has 0 fully saturated rings. The van der Waals surface area contributed by atoms with Crippen molar-refractivity contribution in [3.05, 3.63) is 18.2 Å². The number of ketones is 1. The van der Waals surface area contributed by atoms with E-state index in [1.165, 1.54) is 0 Å². The van der Waals surface area contributed by atoms with Crippen molar-refractivity contribution in [2.45, 2.75) is 19.3 Å². The SMILES string of the molecule is C#CCCCC(=O)c1ncc[nH]1. The number of rotatable bonds is 4. The fourth-order valence-corrected chi connectivity index (χ4v) is 0.887. The van der Waals surface area contributed by atoms with Gasteiger partial charge >= 0.3 is 0 Å². The summed E-state index contributed by atoms with van der Waals surface area (Å²) in [6.07, 6.45) is 10.1. The Bertz CT molecular complexity index is 282. The van der Waals surface area contributed by atoms with Crippen LogP contribution in [0, 0.1) is 12.3 Å². The molecule has 0 aromatic carbocycles. The molecule has 0 saturated carbocycles. The lowest BCUT2D eigenvalue weighted by Gasteiger charge is -1.92. The Morgan fingerprint density at radius 1 is 1.75 bits per heavy atom. The van der Waals surface area contributed by atoms with Crippen molar-refractivity contribution >= 4 is 5.78 Å². The molecule has 0 aliphatic heterocycles. The summed E-state index contributed by atoms with van der Waals surface area (Å²) in [7, 11) is 0. The predicted octanol–water partition coefficient (Wildman–Crippen LogP) is 1.40. The first-order valence-corrected chi connectivity index (χ1v) is 3.80. The quantitative estimate of drug-likeness (QED) is 0.413. The second-order valence-corrected chi connectivity index (χ2v) is 2.42. The largest absolute Gasteiger partial charge is 0.342 e. The van der Waals surface area contributed by atoms with Gasteiger partial charge in [0.15, 0.2) is 11.6 Å². The van der Waals surface area contributed by atoms with Crippen LogP contribution in [0.4, 0.5) is 0 Å². The van der Waals surface area contributed by atoms with Gasteiger partial charge < -0.3 is 4.98 Å². The molecule has 0 aliphatic carbocycles. The van der Waals surface area contributed by atoms with Crippen LogP contribution in [0.25, 0.3) is 0 Å². The summed E-state index contributed by atoms with van der Waals surface area (Å²) < 4.78 is 0. The average Bonchev–Trinajstić information content (AvgIpc) is 2.56. The molecule has 62 valence electrons. The van der Waals surface area contributed by atoms with Gasteiger partial charge in [0.25, 0.3) is 0 Å². The minimum atomic E-state index is 0.0234. The number of nitrogens with zero attached hydrogens (tertiary/aromatic N) is 1. The van der Waals surface area contributed by atoms with Gasteiger partial charge in [0.05, 0.1) is 0 Å². The molecule has 0 saturated heterocycles. The molecule has 3 nitrogen and oxygen atoms in total. The maximum atomic E-state index is 11.2. The lowest BCUT2D eigenvalue weighted by Crippen LogP contribution is -2.00. The number of imidazole rings is 1. The molecule has 0 bridgehead atoms. The molecule has 0 atom stereocenters. The Kier molecular flexibility index (Phi) is 3.09. The van der Waals surface area contributed by atoms with Gasteiger partial charge in [0.2, 0.25) is 0 Å². The van der Waals surface area contributed by atoms with Crippen LogP contribution in [0.3, 0.4) is 0 Å². The third-order valence-corrected chi connectivity index (χ3v) is 1.49. The molecule has 0 aliphatic rings. The van der Waals surface area contributed by atoms with Gasteiger partial charge in [-0.2, -0.15) is 0 Å². The van der Waals surface area contributed by atoms with Crippen LogP contribution in [0.5, 0.6) is 0 Å². The van der Waals surface area contributed by atoms with Gasteiger partial charge in [-0.1, -0.05) is 0 Å². The number of hydrogen-bond donors (Lipinski definition) is 1. The summed E-state index contributed by atoms with van der Waals surface area (Å²) in [6, 6.07) is 0. The molecule has 0 amide bonds. The summed E-state index contributed by atoms with van der Waals surface area (Å²) in [5.74, 6) is 2.93. The maximum Gasteiger partial charge on any atom is 0.198 e. The maximum absolute atomic E-state index is 11.2. The molecule has 0 spiro atoms. The van der Waals surface area contributed by atoms with E-state index >= 15 is 0 Å². The number of carbonyl (C=O) groups is 1. The number of aromatic amines is 1. The highest BCUT2D eigenvalue weighted by Crippen LogP contribution is 2.00. The summed E-state index contributed by atoms with van der Waals surface area (Å²) in [6.45, 7) is 0. The minimum absolute atomic E-state index is 0.0234. The topological polar surface area (TPSA) is 45.8 Å². The third-order valence-electron chi connectivity index (χ3n) is 1.49. The number of H-pyrrole nitrogens is 1. The number of aromatic nitrogens is 2. The number of Topliss-reactive ketones (excluding diaryl/α,β-unsaturated/α-hetero) is 1. The standard InChI is InChI=1S/C9H10N2O/c1-2-3-4-5-8(12)9-10-6-7-11-9/h1,6-7H,3-5H2,(H,10,11). The van der Waals surface area contributed by atoms with Crippen LogP contribution in [0.15, 0.2) is 12.4 Å². The van der Waals surface area contributed by atoms with Crippen molar-refractivity contribution in [3.8, 4) is 12.3 Å². The molecule has 0 radical (unpaired) electrons. The van der Waals surface area contributed by atoms with Crippen molar-refractivity contribution in [2.75, 3.05) is 0 Å². The van der Waals surface area contributed by atoms with Crippen LogP contribution in [0.1, 0.15) is 29.9 Å². The monoisotopic (exact) mass is 162 g/mol. The zero-order valence-electron chi connectivity index (χ0n) is 6.71. The Hall–Kier alpha value is -1.56. The second-order valence-electron chi connectivity index (χ2n) is 2.42. The number of unbranched alkanes of at least 4 members (excludes halogenated alkanes) is 1. The number of hydrogen-bond acceptors (Lipinski definition) is 2. The van der Waals surface area contributed by atoms with E-state index in [4.69, 9.17) is 6.42 Å². The van der Waals surface area contributed by atoms with Crippen molar-refractivity contribution in [1.29, 1.82) is 0 Å². The van der Waals surface area contributed by atoms with E-state index in [0.717, 1.165) is 6.42 Å². The normalized spacial score (nSPS) is 9.25. The van der Waals surface area contributed by atoms with Crippen LogP contribution in [0.2, 0.25) is 0 Å². The molecule has 3 heteroatoms. The van der Waals surface area contributed by atoms with Crippen LogP contribution >= 0.6 is 0 Å². The molecule has 1 rings (SSSR count). The average molecular weight is 162 g/mol. The van der Waals surface area contributed by atoms with E-state index < -0.39 is 0 Å². The second kappa shape index (κ2) is 4.35. The number of nitrogens with one attached hydrogen (secondary N) is 1. The van der Waals surface area contributed by atoms with Crippen LogP contribution in [-0.2, 0) is 0 Å². The van der Waals surface area contributed by atoms with Gasteiger partial charge in [-0.05, 0) is 6.42 Å². The first kappa shape index (κ1) is 8.54. The van der Waals surface area contributed by atoms with Gasteiger partial charge in [-0.25, -0.2) is 4.98 Å². The summed E-state index contributed by atoms with van der Waals surface area (Å²) in [5.41, 5.74) is 0. The smallest absolute Gasteiger partial charge is 0.198 e. The molecule has 12 heavy (non-hydrogen) atoms. The third kappa shape index (κ3) is 2.24. The predicted molar refractivity (Wildman–Crippen MR) is 45.6 cm³/mol. The Morgan fingerprint density at radius 2 is 2.58 bits per heavy atom. The highest BCUT2D eigenvalue weighted by Gasteiger charge is 2.05. The molecular formula is C9H10N2O. The first-order valence-electron chi connectivity index (χ1n) is 3.80. The first-order chi connectivity index (χ1) is 5.84. The van der Waals surface area contributed by atoms with Crippen molar-refractivity contribution < 1.29 is 4.79 Å². The summed E-state index contributed by atoms with van der Waals surface area (Å²) >= 11 is 0. The zero-order valence-corrected chi connectivity index (χ0v) is 6.71. The lowest BCUT2D eigenvalue weighted by molar-refractivity contribution is 0.0971. The van der Waals surface area contributed by atoms with E-state index in [2.05, 4.69) is 15.9 Å². The molecule has 1 N–H and O–H groups in total. The number of terminal acetylenes is 1. The van der Waals surface area contributed by atoms with Crippen molar-refractivity contribution in [2.24, 2.45) is 0 Å². The molecule has 1 heterocycles. The lowest BCUT2D eigenvalue weighted by atomic mass is 10.2. The van der Waals surface area contributed by atoms with Crippen LogP contribution in [-0.4, -0.2) is 15.8 Å². The highest BCUT2D eigenvalue weighted by molar-refractivity contribution is 5.92. The van der Waals surface area contributed by atoms with Gasteiger partial charge in [-0.3, -0.25) is 4.79 Å². The fraction of sp³-hybridized carbons (Fsp3) is 0.333. The van der Waals surface area contributed by atoms with Gasteiger partial charge in [0.1, 0.15) is 0 Å². The van der Waals surface area contributed by atoms with E-state index in [9.17, 15) is 4.79 Å². The summed E-state index contributed by atoms with van der Waals surface area (Å²) in [4.78, 5) is 17.8. The van der Waals surface area contributed by atoms with E-state index in [0.29, 0.717) is 18.7 Å². The van der Waals surface area contributed by atoms with Crippen molar-refractivity contribution in [3.63, 3.8) is 0 Å². The van der Waals surface area contributed by atoms with Crippen molar-refractivity contribution in [1.82, 2.24) is 9.97 Å². The Morgan fingerprint density at radius 3 is 3.17 bits per heavy atom. The Labute approximate surface area is 71.2 Å². The highest BCUT2D eigenvalue weighted by atomic mass is 16.1. The molecule has 1 aromatic rings. The molecule has 1 aromatic heterocycles. The minimum Gasteiger partial charge on any atom is -0.342 e. The zero-order chi connectivity index (χ0) is 8.81. The van der Waals surface area contributed by atoms with Crippen LogP contribution < -0.4 is 0 Å². The Balaban J connectivity index is 2.36. The van der Waals surface area contributed by atoms with Gasteiger partial charge in [-0.15, -0.1) is 12.3 Å². The van der Waals surface area contributed by atoms with E-state index in [-0.39, 0.29) is 5.78 Å².